The van der Waals surface area contributed by atoms with Crippen molar-refractivity contribution in [3.63, 3.8) is 0 Å². The first-order chi connectivity index (χ1) is 15.3. The summed E-state index contributed by atoms with van der Waals surface area (Å²) in [6.07, 6.45) is 2.92. The topological polar surface area (TPSA) is 121 Å². The van der Waals surface area contributed by atoms with Crippen LogP contribution >= 0.6 is 11.6 Å². The van der Waals surface area contributed by atoms with E-state index in [1.54, 1.807) is 61.0 Å². The lowest BCUT2D eigenvalue weighted by molar-refractivity contribution is -0.386. The van der Waals surface area contributed by atoms with E-state index in [0.717, 1.165) is 5.56 Å². The molecule has 4 aromatic rings. The van der Waals surface area contributed by atoms with E-state index in [1.165, 1.54) is 17.3 Å². The van der Waals surface area contributed by atoms with Gasteiger partial charge in [0.05, 0.1) is 22.8 Å². The zero-order chi connectivity index (χ0) is 22.8. The van der Waals surface area contributed by atoms with Gasteiger partial charge in [-0.2, -0.15) is 10.2 Å². The van der Waals surface area contributed by atoms with Crippen LogP contribution in [-0.4, -0.2) is 35.4 Å². The Hall–Kier alpha value is -4.05. The van der Waals surface area contributed by atoms with Gasteiger partial charge in [-0.3, -0.25) is 19.6 Å². The summed E-state index contributed by atoms with van der Waals surface area (Å²) < 4.78 is 3.11. The van der Waals surface area contributed by atoms with Crippen LogP contribution < -0.4 is 5.32 Å². The number of hydrogen-bond acceptors (Lipinski definition) is 6. The van der Waals surface area contributed by atoms with Crippen molar-refractivity contribution in [2.75, 3.05) is 5.32 Å². The molecule has 0 aliphatic rings. The van der Waals surface area contributed by atoms with E-state index in [0.29, 0.717) is 39.9 Å². The molecule has 10 nitrogen and oxygen atoms in total. The molecule has 0 aliphatic heterocycles. The predicted octanol–water partition coefficient (Wildman–Crippen LogP) is 3.94. The Labute approximate surface area is 187 Å². The molecule has 0 saturated heterocycles. The average Bonchev–Trinajstić information content (AvgIpc) is 3.37. The van der Waals surface area contributed by atoms with Crippen molar-refractivity contribution in [1.29, 1.82) is 0 Å². The molecule has 2 aromatic heterocycles. The third-order valence-electron chi connectivity index (χ3n) is 4.95. The van der Waals surface area contributed by atoms with Crippen LogP contribution in [0.15, 0.2) is 55.1 Å². The number of nitrogens with zero attached hydrogens (tertiary/aromatic N) is 6. The second kappa shape index (κ2) is 8.60. The lowest BCUT2D eigenvalue weighted by atomic mass is 10.1. The number of nitrogens with one attached hydrogen (secondary N) is 1. The maximum atomic E-state index is 12.8. The van der Waals surface area contributed by atoms with Crippen LogP contribution in [0.2, 0.25) is 5.02 Å². The summed E-state index contributed by atoms with van der Waals surface area (Å²) in [7, 11) is 0. The number of hydrogen-bond donors (Lipinski definition) is 1. The molecule has 0 bridgehead atoms. The van der Waals surface area contributed by atoms with Crippen LogP contribution in [0.4, 0.5) is 11.4 Å². The Kier molecular flexibility index (Phi) is 5.69. The first-order valence-electron chi connectivity index (χ1n) is 9.56. The van der Waals surface area contributed by atoms with Gasteiger partial charge in [0, 0.05) is 10.6 Å². The number of aromatic nitrogens is 5. The smallest absolute Gasteiger partial charge is 0.312 e. The summed E-state index contributed by atoms with van der Waals surface area (Å²) in [6.45, 7) is 3.63. The zero-order valence-corrected chi connectivity index (χ0v) is 17.9. The van der Waals surface area contributed by atoms with Gasteiger partial charge in [-0.15, -0.1) is 0 Å². The van der Waals surface area contributed by atoms with E-state index in [2.05, 4.69) is 20.5 Å². The Morgan fingerprint density at radius 3 is 2.56 bits per heavy atom. The van der Waals surface area contributed by atoms with E-state index in [-0.39, 0.29) is 11.6 Å². The number of benzene rings is 2. The number of carbonyl (C=O) groups is 1. The molecular weight excluding hydrogens is 434 g/mol. The summed E-state index contributed by atoms with van der Waals surface area (Å²) in [5.74, 6) is -0.318. The van der Waals surface area contributed by atoms with Crippen LogP contribution in [0.3, 0.4) is 0 Å². The second-order valence-electron chi connectivity index (χ2n) is 7.09. The maximum Gasteiger partial charge on any atom is 0.312 e. The summed E-state index contributed by atoms with van der Waals surface area (Å²) >= 11 is 6.10. The summed E-state index contributed by atoms with van der Waals surface area (Å²) in [5.41, 5.74) is 3.29. The SMILES string of the molecule is Cc1nn(Cc2ccc(C(=O)Nc3cc(Cl)ccc3-n3cncn3)cc2)c(C)c1[N+](=O)[O-]. The average molecular weight is 452 g/mol. The van der Waals surface area contributed by atoms with E-state index in [1.807, 2.05) is 0 Å². The lowest BCUT2D eigenvalue weighted by Crippen LogP contribution is -2.14. The Balaban J connectivity index is 1.52. The summed E-state index contributed by atoms with van der Waals surface area (Å²) in [4.78, 5) is 27.5. The molecule has 0 spiro atoms. The minimum Gasteiger partial charge on any atom is -0.320 e. The molecular formula is C21H18ClN7O3. The van der Waals surface area contributed by atoms with Crippen LogP contribution in [0, 0.1) is 24.0 Å². The molecule has 0 radical (unpaired) electrons. The third kappa shape index (κ3) is 4.21. The number of aryl methyl sites for hydroxylation is 1. The number of rotatable bonds is 6. The molecule has 32 heavy (non-hydrogen) atoms. The Morgan fingerprint density at radius 1 is 1.19 bits per heavy atom. The van der Waals surface area contributed by atoms with Gasteiger partial charge in [-0.05, 0) is 49.7 Å². The van der Waals surface area contributed by atoms with E-state index in [9.17, 15) is 14.9 Å². The van der Waals surface area contributed by atoms with Crippen molar-refractivity contribution < 1.29 is 9.72 Å². The number of nitro groups is 1. The standard InChI is InChI=1S/C21H18ClN7O3/c1-13-20(29(31)32)14(2)27(26-13)10-15-3-5-16(6-4-15)21(30)25-18-9-17(22)7-8-19(18)28-12-23-11-24-28/h3-9,11-12H,10H2,1-2H3,(H,25,30). The van der Waals surface area contributed by atoms with Gasteiger partial charge in [0.2, 0.25) is 0 Å². The summed E-state index contributed by atoms with van der Waals surface area (Å²) in [5, 5.41) is 22.9. The van der Waals surface area contributed by atoms with E-state index < -0.39 is 4.92 Å². The minimum atomic E-state index is -0.426. The molecule has 0 saturated carbocycles. The fourth-order valence-corrected chi connectivity index (χ4v) is 3.55. The fraction of sp³-hybridized carbons (Fsp3) is 0.143. The minimum absolute atomic E-state index is 0.0192. The van der Waals surface area contributed by atoms with Crippen molar-refractivity contribution in [2.24, 2.45) is 0 Å². The van der Waals surface area contributed by atoms with Gasteiger partial charge in [-0.1, -0.05) is 23.7 Å². The monoisotopic (exact) mass is 451 g/mol. The van der Waals surface area contributed by atoms with Gasteiger partial charge in [0.15, 0.2) is 0 Å². The van der Waals surface area contributed by atoms with Gasteiger partial charge in [0.1, 0.15) is 24.0 Å². The molecule has 2 heterocycles. The number of halogens is 1. The zero-order valence-electron chi connectivity index (χ0n) is 17.2. The van der Waals surface area contributed by atoms with Gasteiger partial charge < -0.3 is 5.32 Å². The summed E-state index contributed by atoms with van der Waals surface area (Å²) in [6, 6.07) is 12.0. The number of carbonyl (C=O) groups excluding carboxylic acids is 1. The van der Waals surface area contributed by atoms with Gasteiger partial charge in [0.25, 0.3) is 5.91 Å². The normalized spacial score (nSPS) is 10.8. The number of anilines is 1. The molecule has 0 unspecified atom stereocenters. The van der Waals surface area contributed by atoms with Gasteiger partial charge >= 0.3 is 5.69 Å². The Bertz CT molecular complexity index is 1300. The highest BCUT2D eigenvalue weighted by Gasteiger charge is 2.21. The van der Waals surface area contributed by atoms with Crippen molar-refractivity contribution in [3.8, 4) is 5.69 Å². The molecule has 0 fully saturated rings. The number of amides is 1. The van der Waals surface area contributed by atoms with Crippen molar-refractivity contribution in [1.82, 2.24) is 24.5 Å². The lowest BCUT2D eigenvalue weighted by Gasteiger charge is -2.12. The van der Waals surface area contributed by atoms with Crippen LogP contribution in [0.5, 0.6) is 0 Å². The first kappa shape index (κ1) is 21.2. The highest BCUT2D eigenvalue weighted by atomic mass is 35.5. The van der Waals surface area contributed by atoms with E-state index >= 15 is 0 Å². The van der Waals surface area contributed by atoms with Crippen molar-refractivity contribution in [2.45, 2.75) is 20.4 Å². The first-order valence-corrected chi connectivity index (χ1v) is 9.94. The molecule has 2 aromatic carbocycles. The molecule has 4 rings (SSSR count). The molecule has 162 valence electrons. The van der Waals surface area contributed by atoms with Crippen LogP contribution in [0.1, 0.15) is 27.3 Å². The predicted molar refractivity (Wildman–Crippen MR) is 118 cm³/mol. The maximum absolute atomic E-state index is 12.8. The largest absolute Gasteiger partial charge is 0.320 e. The molecule has 1 N–H and O–H groups in total. The fourth-order valence-electron chi connectivity index (χ4n) is 3.38. The van der Waals surface area contributed by atoms with Crippen molar-refractivity contribution >= 4 is 28.9 Å². The quantitative estimate of drug-likeness (QED) is 0.350. The van der Waals surface area contributed by atoms with Crippen LogP contribution in [0.25, 0.3) is 5.69 Å². The highest BCUT2D eigenvalue weighted by Crippen LogP contribution is 2.25. The third-order valence-corrected chi connectivity index (χ3v) is 5.18. The van der Waals surface area contributed by atoms with Crippen LogP contribution in [-0.2, 0) is 6.54 Å². The van der Waals surface area contributed by atoms with Crippen molar-refractivity contribution in [3.05, 3.63) is 92.8 Å². The molecule has 0 atom stereocenters. The Morgan fingerprint density at radius 2 is 1.94 bits per heavy atom. The van der Waals surface area contributed by atoms with E-state index in [4.69, 9.17) is 11.6 Å². The second-order valence-corrected chi connectivity index (χ2v) is 7.52. The van der Waals surface area contributed by atoms with Gasteiger partial charge in [-0.25, -0.2) is 9.67 Å². The molecule has 11 heteroatoms. The molecule has 1 amide bonds. The molecule has 0 aliphatic carbocycles. The highest BCUT2D eigenvalue weighted by molar-refractivity contribution is 6.31.